The second-order valence-electron chi connectivity index (χ2n) is 2.75. The molecule has 1 aromatic heterocycles. The smallest absolute Gasteiger partial charge is 0.390 e. The van der Waals surface area contributed by atoms with E-state index in [1.165, 1.54) is 18.5 Å². The van der Waals surface area contributed by atoms with E-state index in [2.05, 4.69) is 10.3 Å². The number of nitrogens with two attached hydrogens (primary N) is 1. The van der Waals surface area contributed by atoms with Crippen LogP contribution in [0.25, 0.3) is 0 Å². The lowest BCUT2D eigenvalue weighted by atomic mass is 10.3. The largest absolute Gasteiger partial charge is 0.396 e. The van der Waals surface area contributed by atoms with Gasteiger partial charge in [0.1, 0.15) is 0 Å². The molecule has 0 amide bonds. The zero-order valence-electron chi connectivity index (χ0n) is 7.30. The molecule has 6 heteroatoms. The first-order valence-electron chi connectivity index (χ1n) is 3.99. The van der Waals surface area contributed by atoms with Gasteiger partial charge in [0.25, 0.3) is 0 Å². The number of hydrogen-bond acceptors (Lipinski definition) is 3. The van der Waals surface area contributed by atoms with Crippen LogP contribution < -0.4 is 11.1 Å². The van der Waals surface area contributed by atoms with Crippen LogP contribution in [0.1, 0.15) is 6.42 Å². The summed E-state index contributed by atoms with van der Waals surface area (Å²) in [4.78, 5) is 3.71. The molecule has 1 rings (SSSR count). The maximum absolute atomic E-state index is 11.8. The van der Waals surface area contributed by atoms with Gasteiger partial charge in [-0.1, -0.05) is 0 Å². The third kappa shape index (κ3) is 3.51. The van der Waals surface area contributed by atoms with Crippen LogP contribution in [0.5, 0.6) is 0 Å². The Balaban J connectivity index is 2.43. The summed E-state index contributed by atoms with van der Waals surface area (Å²) in [5.41, 5.74) is 6.28. The first-order chi connectivity index (χ1) is 6.49. The second kappa shape index (κ2) is 4.17. The fraction of sp³-hybridized carbons (Fsp3) is 0.375. The van der Waals surface area contributed by atoms with Crippen molar-refractivity contribution in [2.45, 2.75) is 12.6 Å². The highest BCUT2D eigenvalue weighted by Crippen LogP contribution is 2.20. The molecule has 0 saturated heterocycles. The van der Waals surface area contributed by atoms with Gasteiger partial charge in [-0.3, -0.25) is 4.98 Å². The highest BCUT2D eigenvalue weighted by atomic mass is 19.4. The minimum Gasteiger partial charge on any atom is -0.396 e. The van der Waals surface area contributed by atoms with Gasteiger partial charge in [0.05, 0.1) is 24.0 Å². The van der Waals surface area contributed by atoms with Crippen LogP contribution in [-0.4, -0.2) is 17.7 Å². The van der Waals surface area contributed by atoms with Gasteiger partial charge in [0, 0.05) is 12.7 Å². The van der Waals surface area contributed by atoms with Gasteiger partial charge in [-0.05, 0) is 6.07 Å². The Bertz CT molecular complexity index is 298. The average Bonchev–Trinajstić information content (AvgIpc) is 2.06. The molecule has 0 atom stereocenters. The Hall–Kier alpha value is -1.46. The molecule has 0 radical (unpaired) electrons. The number of nitrogen functional groups attached to an aromatic ring is 1. The first-order valence-corrected chi connectivity index (χ1v) is 3.99. The average molecular weight is 205 g/mol. The lowest BCUT2D eigenvalue weighted by molar-refractivity contribution is -0.131. The zero-order valence-corrected chi connectivity index (χ0v) is 7.30. The van der Waals surface area contributed by atoms with Crippen LogP contribution in [-0.2, 0) is 0 Å². The molecular formula is C8H10F3N3. The minimum atomic E-state index is -4.14. The first kappa shape index (κ1) is 10.6. The van der Waals surface area contributed by atoms with Gasteiger partial charge in [-0.15, -0.1) is 0 Å². The predicted molar refractivity (Wildman–Crippen MR) is 47.8 cm³/mol. The number of halogens is 3. The maximum atomic E-state index is 11.8. The monoisotopic (exact) mass is 205 g/mol. The molecule has 0 bridgehead atoms. The van der Waals surface area contributed by atoms with Gasteiger partial charge in [-0.2, -0.15) is 13.2 Å². The summed E-state index contributed by atoms with van der Waals surface area (Å²) >= 11 is 0. The van der Waals surface area contributed by atoms with E-state index in [0.717, 1.165) is 0 Å². The van der Waals surface area contributed by atoms with Crippen LogP contribution in [0.3, 0.4) is 0 Å². The summed E-state index contributed by atoms with van der Waals surface area (Å²) < 4.78 is 35.3. The van der Waals surface area contributed by atoms with Gasteiger partial charge < -0.3 is 11.1 Å². The van der Waals surface area contributed by atoms with Gasteiger partial charge >= 0.3 is 6.18 Å². The number of anilines is 2. The zero-order chi connectivity index (χ0) is 10.6. The van der Waals surface area contributed by atoms with Crippen molar-refractivity contribution in [1.82, 2.24) is 4.98 Å². The standard InChI is InChI=1S/C8H10F3N3/c9-8(10,11)2-4-14-7-1-3-13-5-6(7)12/h1,3,5H,2,4,12H2,(H,13,14). The van der Waals surface area contributed by atoms with E-state index in [4.69, 9.17) is 5.73 Å². The van der Waals surface area contributed by atoms with Crippen molar-refractivity contribution in [1.29, 1.82) is 0 Å². The van der Waals surface area contributed by atoms with Crippen molar-refractivity contribution in [2.75, 3.05) is 17.6 Å². The molecule has 3 N–H and O–H groups in total. The number of rotatable bonds is 3. The van der Waals surface area contributed by atoms with E-state index in [1.807, 2.05) is 0 Å². The van der Waals surface area contributed by atoms with Crippen molar-refractivity contribution in [3.8, 4) is 0 Å². The van der Waals surface area contributed by atoms with E-state index >= 15 is 0 Å². The lowest BCUT2D eigenvalue weighted by Crippen LogP contribution is -2.15. The molecule has 0 saturated carbocycles. The van der Waals surface area contributed by atoms with Crippen LogP contribution in [0.2, 0.25) is 0 Å². The second-order valence-corrected chi connectivity index (χ2v) is 2.75. The number of pyridine rings is 1. The van der Waals surface area contributed by atoms with Crippen molar-refractivity contribution in [3.05, 3.63) is 18.5 Å². The van der Waals surface area contributed by atoms with E-state index < -0.39 is 12.6 Å². The highest BCUT2D eigenvalue weighted by Gasteiger charge is 2.26. The minimum absolute atomic E-state index is 0.183. The number of aromatic nitrogens is 1. The quantitative estimate of drug-likeness (QED) is 0.793. The van der Waals surface area contributed by atoms with Crippen molar-refractivity contribution in [3.63, 3.8) is 0 Å². The van der Waals surface area contributed by atoms with Crippen LogP contribution in [0.15, 0.2) is 18.5 Å². The Morgan fingerprint density at radius 2 is 2.14 bits per heavy atom. The molecule has 0 fully saturated rings. The van der Waals surface area contributed by atoms with E-state index in [-0.39, 0.29) is 6.54 Å². The van der Waals surface area contributed by atoms with Gasteiger partial charge in [-0.25, -0.2) is 0 Å². The molecule has 0 unspecified atom stereocenters. The fourth-order valence-electron chi connectivity index (χ4n) is 0.907. The van der Waals surface area contributed by atoms with E-state index in [0.29, 0.717) is 11.4 Å². The molecule has 0 aromatic carbocycles. The Morgan fingerprint density at radius 1 is 1.43 bits per heavy atom. The number of alkyl halides is 3. The third-order valence-corrected chi connectivity index (χ3v) is 1.58. The van der Waals surface area contributed by atoms with Gasteiger partial charge in [0.15, 0.2) is 0 Å². The summed E-state index contributed by atoms with van der Waals surface area (Å²) in [6.07, 6.45) is -2.17. The lowest BCUT2D eigenvalue weighted by Gasteiger charge is -2.09. The molecule has 0 aliphatic rings. The summed E-state index contributed by atoms with van der Waals surface area (Å²) in [6.45, 7) is -0.183. The molecular weight excluding hydrogens is 195 g/mol. The molecule has 3 nitrogen and oxygen atoms in total. The fourth-order valence-corrected chi connectivity index (χ4v) is 0.907. The summed E-state index contributed by atoms with van der Waals surface area (Å²) in [5, 5.41) is 2.58. The Kier molecular flexibility index (Phi) is 3.16. The van der Waals surface area contributed by atoms with Crippen molar-refractivity contribution >= 4 is 11.4 Å². The normalized spacial score (nSPS) is 11.4. The summed E-state index contributed by atoms with van der Waals surface area (Å²) in [5.74, 6) is 0. The van der Waals surface area contributed by atoms with Crippen LogP contribution in [0.4, 0.5) is 24.5 Å². The number of hydrogen-bond donors (Lipinski definition) is 2. The maximum Gasteiger partial charge on any atom is 0.390 e. The molecule has 0 aliphatic heterocycles. The predicted octanol–water partition coefficient (Wildman–Crippen LogP) is 2.03. The molecule has 0 aliphatic carbocycles. The highest BCUT2D eigenvalue weighted by molar-refractivity contribution is 5.64. The third-order valence-electron chi connectivity index (χ3n) is 1.58. The van der Waals surface area contributed by atoms with Crippen molar-refractivity contribution in [2.24, 2.45) is 0 Å². The Morgan fingerprint density at radius 3 is 2.71 bits per heavy atom. The van der Waals surface area contributed by atoms with Crippen LogP contribution >= 0.6 is 0 Å². The van der Waals surface area contributed by atoms with Crippen molar-refractivity contribution < 1.29 is 13.2 Å². The van der Waals surface area contributed by atoms with E-state index in [9.17, 15) is 13.2 Å². The SMILES string of the molecule is Nc1cnccc1NCCC(F)(F)F. The molecule has 1 heterocycles. The molecule has 14 heavy (non-hydrogen) atoms. The number of nitrogens with zero attached hydrogens (tertiary/aromatic N) is 1. The topological polar surface area (TPSA) is 50.9 Å². The number of nitrogens with one attached hydrogen (secondary N) is 1. The van der Waals surface area contributed by atoms with Gasteiger partial charge in [0.2, 0.25) is 0 Å². The van der Waals surface area contributed by atoms with E-state index in [1.54, 1.807) is 0 Å². The summed E-state index contributed by atoms with van der Waals surface area (Å²) in [7, 11) is 0. The molecule has 78 valence electrons. The van der Waals surface area contributed by atoms with Crippen LogP contribution in [0, 0.1) is 0 Å². The summed E-state index contributed by atoms with van der Waals surface area (Å²) in [6, 6.07) is 1.53. The Labute approximate surface area is 79.1 Å². The molecule has 0 spiro atoms. The molecule has 1 aromatic rings.